The first kappa shape index (κ1) is 9.81. The molecule has 76 valence electrons. The lowest BCUT2D eigenvalue weighted by Crippen LogP contribution is -2.04. The molecule has 1 aromatic rings. The summed E-state index contributed by atoms with van der Waals surface area (Å²) in [5, 5.41) is 0.819. The van der Waals surface area contributed by atoms with E-state index in [9.17, 15) is 0 Å². The van der Waals surface area contributed by atoms with E-state index < -0.39 is 0 Å². The summed E-state index contributed by atoms with van der Waals surface area (Å²) < 4.78 is 10.6. The molecule has 0 bridgehead atoms. The molecule has 0 spiro atoms. The normalized spacial score (nSPS) is 19.5. The predicted octanol–water partition coefficient (Wildman–Crippen LogP) is 2.73. The fourth-order valence-corrected chi connectivity index (χ4v) is 1.45. The third-order valence-corrected chi connectivity index (χ3v) is 2.84. The number of epoxide rings is 1. The molecule has 1 heterocycles. The lowest BCUT2D eigenvalue weighted by molar-refractivity contribution is 0.263. The van der Waals surface area contributed by atoms with Crippen molar-refractivity contribution in [3.05, 3.63) is 28.3 Å². The molecule has 14 heavy (non-hydrogen) atoms. The van der Waals surface area contributed by atoms with Crippen molar-refractivity contribution in [1.82, 2.24) is 0 Å². The van der Waals surface area contributed by atoms with Crippen LogP contribution < -0.4 is 4.74 Å². The molecule has 1 fully saturated rings. The Labute approximate surface area is 88.8 Å². The minimum Gasteiger partial charge on any atom is -0.491 e. The van der Waals surface area contributed by atoms with Crippen molar-refractivity contribution in [3.63, 3.8) is 0 Å². The largest absolute Gasteiger partial charge is 0.491 e. The molecular formula is C11H13ClO2. The molecule has 3 heteroatoms. The predicted molar refractivity (Wildman–Crippen MR) is 56.2 cm³/mol. The number of aryl methyl sites for hydroxylation is 2. The Morgan fingerprint density at radius 3 is 2.50 bits per heavy atom. The standard InChI is InChI=1S/C11H13ClO2/c1-7-3-9(4-8(2)11(7)12)13-5-10-6-14-10/h3-4,10H,5-6H2,1-2H3. The molecule has 2 rings (SSSR count). The van der Waals surface area contributed by atoms with E-state index in [2.05, 4.69) is 0 Å². The first-order chi connectivity index (χ1) is 6.66. The van der Waals surface area contributed by atoms with E-state index in [-0.39, 0.29) is 0 Å². The van der Waals surface area contributed by atoms with Crippen molar-refractivity contribution in [3.8, 4) is 5.75 Å². The summed E-state index contributed by atoms with van der Waals surface area (Å²) in [5.41, 5.74) is 2.11. The van der Waals surface area contributed by atoms with E-state index in [0.29, 0.717) is 12.7 Å². The van der Waals surface area contributed by atoms with Gasteiger partial charge in [0.05, 0.1) is 6.61 Å². The van der Waals surface area contributed by atoms with Crippen LogP contribution >= 0.6 is 11.6 Å². The van der Waals surface area contributed by atoms with Crippen molar-refractivity contribution >= 4 is 11.6 Å². The molecule has 1 aliphatic heterocycles. The third-order valence-electron chi connectivity index (χ3n) is 2.25. The van der Waals surface area contributed by atoms with Crippen LogP contribution in [0, 0.1) is 13.8 Å². The van der Waals surface area contributed by atoms with Gasteiger partial charge in [0.15, 0.2) is 0 Å². The topological polar surface area (TPSA) is 21.8 Å². The fraction of sp³-hybridized carbons (Fsp3) is 0.455. The van der Waals surface area contributed by atoms with Crippen molar-refractivity contribution < 1.29 is 9.47 Å². The summed E-state index contributed by atoms with van der Waals surface area (Å²) in [6.07, 6.45) is 0.297. The zero-order valence-electron chi connectivity index (χ0n) is 8.34. The number of benzene rings is 1. The van der Waals surface area contributed by atoms with Crippen molar-refractivity contribution in [2.24, 2.45) is 0 Å². The highest BCUT2D eigenvalue weighted by Crippen LogP contribution is 2.26. The maximum atomic E-state index is 6.04. The number of halogens is 1. The second-order valence-corrected chi connectivity index (χ2v) is 4.02. The molecule has 1 atom stereocenters. The maximum Gasteiger partial charge on any atom is 0.120 e. The van der Waals surface area contributed by atoms with Gasteiger partial charge >= 0.3 is 0 Å². The van der Waals surface area contributed by atoms with Crippen molar-refractivity contribution in [2.45, 2.75) is 20.0 Å². The summed E-state index contributed by atoms with van der Waals surface area (Å²) in [4.78, 5) is 0. The average molecular weight is 213 g/mol. The molecule has 0 aromatic heterocycles. The maximum absolute atomic E-state index is 6.04. The van der Waals surface area contributed by atoms with Crippen LogP contribution in [0.25, 0.3) is 0 Å². The highest BCUT2D eigenvalue weighted by molar-refractivity contribution is 6.32. The second kappa shape index (κ2) is 3.79. The fourth-order valence-electron chi connectivity index (χ4n) is 1.34. The summed E-state index contributed by atoms with van der Waals surface area (Å²) in [7, 11) is 0. The lowest BCUT2D eigenvalue weighted by Gasteiger charge is -2.08. The van der Waals surface area contributed by atoms with E-state index in [1.165, 1.54) is 0 Å². The summed E-state index contributed by atoms with van der Waals surface area (Å²) in [5.74, 6) is 0.875. The van der Waals surface area contributed by atoms with E-state index in [0.717, 1.165) is 28.5 Å². The minimum atomic E-state index is 0.297. The molecule has 0 N–H and O–H groups in total. The smallest absolute Gasteiger partial charge is 0.120 e. The number of rotatable bonds is 3. The zero-order chi connectivity index (χ0) is 10.1. The molecule has 0 aliphatic carbocycles. The van der Waals surface area contributed by atoms with Gasteiger partial charge in [0.1, 0.15) is 18.5 Å². The molecule has 1 saturated heterocycles. The minimum absolute atomic E-state index is 0.297. The van der Waals surface area contributed by atoms with E-state index in [1.807, 2.05) is 26.0 Å². The number of ether oxygens (including phenoxy) is 2. The average Bonchev–Trinajstić information content (AvgIpc) is 2.94. The van der Waals surface area contributed by atoms with Crippen LogP contribution in [0.1, 0.15) is 11.1 Å². The van der Waals surface area contributed by atoms with Crippen molar-refractivity contribution in [1.29, 1.82) is 0 Å². The van der Waals surface area contributed by atoms with Gasteiger partial charge in [-0.05, 0) is 37.1 Å². The molecule has 1 unspecified atom stereocenters. The van der Waals surface area contributed by atoms with Gasteiger partial charge in [0.25, 0.3) is 0 Å². The van der Waals surface area contributed by atoms with Gasteiger partial charge in [-0.15, -0.1) is 0 Å². The Morgan fingerprint density at radius 1 is 1.43 bits per heavy atom. The Balaban J connectivity index is 2.08. The lowest BCUT2D eigenvalue weighted by atomic mass is 10.1. The van der Waals surface area contributed by atoms with Crippen LogP contribution in [0.4, 0.5) is 0 Å². The Kier molecular flexibility index (Phi) is 2.66. The van der Waals surface area contributed by atoms with Gasteiger partial charge in [-0.1, -0.05) is 11.6 Å². The Hall–Kier alpha value is -0.730. The molecule has 2 nitrogen and oxygen atoms in total. The van der Waals surface area contributed by atoms with Crippen LogP contribution in [0.2, 0.25) is 5.02 Å². The van der Waals surface area contributed by atoms with E-state index in [1.54, 1.807) is 0 Å². The molecule has 0 saturated carbocycles. The zero-order valence-corrected chi connectivity index (χ0v) is 9.10. The Bertz CT molecular complexity index is 322. The molecule has 0 amide bonds. The second-order valence-electron chi connectivity index (χ2n) is 3.64. The Morgan fingerprint density at radius 2 is 2.00 bits per heavy atom. The summed E-state index contributed by atoms with van der Waals surface area (Å²) in [6, 6.07) is 3.91. The van der Waals surface area contributed by atoms with Crippen LogP contribution in [0.3, 0.4) is 0 Å². The first-order valence-corrected chi connectivity index (χ1v) is 5.06. The highest BCUT2D eigenvalue weighted by Gasteiger charge is 2.23. The van der Waals surface area contributed by atoms with Gasteiger partial charge in [-0.25, -0.2) is 0 Å². The third kappa shape index (κ3) is 2.20. The SMILES string of the molecule is Cc1cc(OCC2CO2)cc(C)c1Cl. The van der Waals surface area contributed by atoms with Crippen LogP contribution in [-0.2, 0) is 4.74 Å². The van der Waals surface area contributed by atoms with Gasteiger partial charge in [0.2, 0.25) is 0 Å². The monoisotopic (exact) mass is 212 g/mol. The van der Waals surface area contributed by atoms with Crippen LogP contribution in [0.5, 0.6) is 5.75 Å². The molecule has 1 aromatic carbocycles. The number of hydrogen-bond acceptors (Lipinski definition) is 2. The quantitative estimate of drug-likeness (QED) is 0.719. The van der Waals surface area contributed by atoms with Gasteiger partial charge < -0.3 is 9.47 Å². The molecule has 1 aliphatic rings. The van der Waals surface area contributed by atoms with E-state index >= 15 is 0 Å². The van der Waals surface area contributed by atoms with Gasteiger partial charge in [-0.2, -0.15) is 0 Å². The van der Waals surface area contributed by atoms with E-state index in [4.69, 9.17) is 21.1 Å². The van der Waals surface area contributed by atoms with Crippen LogP contribution in [0.15, 0.2) is 12.1 Å². The molecule has 0 radical (unpaired) electrons. The first-order valence-electron chi connectivity index (χ1n) is 4.68. The van der Waals surface area contributed by atoms with Gasteiger partial charge in [0, 0.05) is 5.02 Å². The number of hydrogen-bond donors (Lipinski definition) is 0. The van der Waals surface area contributed by atoms with Crippen molar-refractivity contribution in [2.75, 3.05) is 13.2 Å². The summed E-state index contributed by atoms with van der Waals surface area (Å²) >= 11 is 6.04. The van der Waals surface area contributed by atoms with Gasteiger partial charge in [-0.3, -0.25) is 0 Å². The summed E-state index contributed by atoms with van der Waals surface area (Å²) in [6.45, 7) is 5.43. The highest BCUT2D eigenvalue weighted by atomic mass is 35.5. The van der Waals surface area contributed by atoms with Crippen LogP contribution in [-0.4, -0.2) is 19.3 Å². The molecular weight excluding hydrogens is 200 g/mol.